The fourth-order valence-corrected chi connectivity index (χ4v) is 6.02. The first-order valence-corrected chi connectivity index (χ1v) is 15.7. The van der Waals surface area contributed by atoms with E-state index >= 15 is 0 Å². The number of pyridine rings is 2. The van der Waals surface area contributed by atoms with Crippen LogP contribution in [-0.4, -0.2) is 46.0 Å². The van der Waals surface area contributed by atoms with Crippen molar-refractivity contribution in [2.75, 3.05) is 0 Å². The van der Waals surface area contributed by atoms with Crippen molar-refractivity contribution in [1.82, 2.24) is 9.97 Å². The Hall–Kier alpha value is -5.38. The van der Waals surface area contributed by atoms with Crippen LogP contribution in [0, 0.1) is 0 Å². The Kier molecular flexibility index (Phi) is 23.5. The van der Waals surface area contributed by atoms with Crippen molar-refractivity contribution in [1.29, 1.82) is 0 Å². The summed E-state index contributed by atoms with van der Waals surface area (Å²) in [5.74, 6) is 0.0274. The van der Waals surface area contributed by atoms with E-state index in [0.717, 1.165) is 65.3 Å². The minimum Gasteiger partial charge on any atom is -1.00 e. The second kappa shape index (κ2) is 24.9. The van der Waals surface area contributed by atoms with Crippen molar-refractivity contribution in [3.05, 3.63) is 193 Å². The summed E-state index contributed by atoms with van der Waals surface area (Å²) in [6.45, 7) is 0. The van der Waals surface area contributed by atoms with E-state index in [-0.39, 0.29) is 86.6 Å². The number of hydrogen-bond acceptors (Lipinski definition) is 4. The summed E-state index contributed by atoms with van der Waals surface area (Å²) in [4.78, 5) is 33.9. The quantitative estimate of drug-likeness (QED) is 0.0548. The molecule has 0 bridgehead atoms. The van der Waals surface area contributed by atoms with Crippen molar-refractivity contribution >= 4 is 91.2 Å². The first kappa shape index (κ1) is 52.7. The number of rotatable bonds is 6. The van der Waals surface area contributed by atoms with Gasteiger partial charge < -0.3 is 28.2 Å². The normalized spacial score (nSPS) is 9.71. The number of halogens is 6. The number of carbonyl (C=O) groups excluding carboxylic acids is 2. The summed E-state index contributed by atoms with van der Waals surface area (Å²) in [6, 6.07) is 43.9. The van der Waals surface area contributed by atoms with Crippen LogP contribution in [0.2, 0.25) is 0 Å². The number of nitrogens with zero attached hydrogens (tertiary/aromatic N) is 2. The van der Waals surface area contributed by atoms with Crippen LogP contribution in [0.5, 0.6) is 0 Å². The molecule has 4 nitrogen and oxygen atoms in total. The molecule has 0 fully saturated rings. The smallest absolute Gasteiger partial charge is 1.00 e. The van der Waals surface area contributed by atoms with Crippen LogP contribution in [0.4, 0.5) is 0 Å². The van der Waals surface area contributed by atoms with Crippen LogP contribution >= 0.6 is 0 Å². The van der Waals surface area contributed by atoms with Crippen molar-refractivity contribution < 1.29 is 60.2 Å². The average molecular weight is 962 g/mol. The van der Waals surface area contributed by atoms with Crippen LogP contribution in [0.1, 0.15) is 31.8 Å². The molecular weight excluding hydrogens is 932 g/mol. The summed E-state index contributed by atoms with van der Waals surface area (Å²) in [5.41, 5.74) is 3.44. The zero-order valence-electron chi connectivity index (χ0n) is 29.0. The second-order valence-electron chi connectivity index (χ2n) is 11.3. The summed E-state index contributed by atoms with van der Waals surface area (Å²) in [6.07, 6.45) is 13.8. The third-order valence-corrected chi connectivity index (χ3v) is 8.30. The van der Waals surface area contributed by atoms with E-state index in [1.54, 1.807) is 36.9 Å². The molecule has 8 aromatic rings. The zero-order valence-corrected chi connectivity index (χ0v) is 33.1. The molecule has 0 aliphatic heterocycles. The van der Waals surface area contributed by atoms with E-state index in [0.29, 0.717) is 0 Å². The molecule has 8 rings (SSSR count). The molecule has 0 aliphatic rings. The molecule has 0 spiro atoms. The molecule has 286 valence electrons. The van der Waals surface area contributed by atoms with E-state index in [4.69, 9.17) is 0 Å². The van der Waals surface area contributed by atoms with E-state index in [1.165, 1.54) is 0 Å². The molecule has 0 amide bonds. The molecule has 0 radical (unpaired) electrons. The second-order valence-corrected chi connectivity index (χ2v) is 11.3. The first-order valence-electron chi connectivity index (χ1n) is 15.7. The number of hydrogen-bond donors (Lipinski definition) is 0. The Morgan fingerprint density at radius 2 is 0.643 bits per heavy atom. The van der Waals surface area contributed by atoms with Crippen LogP contribution in [0.3, 0.4) is 0 Å². The largest absolute Gasteiger partial charge is 5.00 e. The topological polar surface area (TPSA) is 59.9 Å². The number of benzene rings is 6. The maximum atomic E-state index is 12.9. The predicted molar refractivity (Wildman–Crippen MR) is 204 cm³/mol. The summed E-state index contributed by atoms with van der Waals surface area (Å²) >= 11 is 0. The fourth-order valence-electron chi connectivity index (χ4n) is 6.02. The van der Waals surface area contributed by atoms with Gasteiger partial charge >= 0.3 is 46.8 Å². The van der Waals surface area contributed by atoms with Crippen molar-refractivity contribution in [2.24, 2.45) is 0 Å². The van der Waals surface area contributed by atoms with Gasteiger partial charge in [0, 0.05) is 35.9 Å². The van der Waals surface area contributed by atoms with Crippen LogP contribution < -0.4 is 28.2 Å². The van der Waals surface area contributed by atoms with Crippen LogP contribution in [-0.2, 0) is 22.4 Å². The predicted octanol–water partition coefficient (Wildman–Crippen LogP) is -7.79. The van der Waals surface area contributed by atoms with Gasteiger partial charge in [-0.1, -0.05) is 109 Å². The zero-order chi connectivity index (χ0) is 32.7. The van der Waals surface area contributed by atoms with Gasteiger partial charge in [0.15, 0.2) is 11.6 Å². The maximum absolute atomic E-state index is 12.9. The Morgan fingerprint density at radius 1 is 0.393 bits per heavy atom. The Morgan fingerprint density at radius 3 is 0.911 bits per heavy atom. The molecule has 0 aliphatic carbocycles. The minimum atomic E-state index is 0. The van der Waals surface area contributed by atoms with Gasteiger partial charge in [-0.25, -0.2) is 0 Å². The SMILES string of the molecule is O=C(/C=C/c1ccncc1)c1c2ccccc2cc2ccccc12.O=C(/C=C/c1ccncc1)c1c2ccccc2cc2ccccc12.[Ag+].[F-].[F-].[F-].[F-].[F-].[F-].[Sb+5]. The summed E-state index contributed by atoms with van der Waals surface area (Å²) < 4.78 is 0. The molecule has 6 aromatic carbocycles. The number of ketones is 2. The standard InChI is InChI=1S/2C22H15NO.Ag.6FH.Sb/c2*24-21(10-9-16-11-13-23-14-12-16)22-19-7-3-1-5-17(19)15-18-6-2-4-8-20(18)22;;;;;;;;/h2*1-15H;;6*1H;/q;;+1;;;;;;;+5/p-6/b2*10-9+;;;;;;;;. The Bertz CT molecular complexity index is 2240. The number of aromatic nitrogens is 2. The monoisotopic (exact) mass is 960 g/mol. The average Bonchev–Trinajstić information content (AvgIpc) is 3.15. The summed E-state index contributed by atoms with van der Waals surface area (Å²) in [7, 11) is 0. The van der Waals surface area contributed by atoms with Gasteiger partial charge in [-0.3, -0.25) is 19.6 Å². The van der Waals surface area contributed by atoms with Gasteiger partial charge in [0.1, 0.15) is 0 Å². The molecule has 0 saturated carbocycles. The molecule has 2 heterocycles. The van der Waals surface area contributed by atoms with Gasteiger partial charge in [0.25, 0.3) is 0 Å². The maximum Gasteiger partial charge on any atom is 5.00 e. The van der Waals surface area contributed by atoms with Gasteiger partial charge in [0.05, 0.1) is 0 Å². The number of fused-ring (bicyclic) bond motifs is 4. The number of carbonyl (C=O) groups is 2. The molecule has 0 N–H and O–H groups in total. The third-order valence-electron chi connectivity index (χ3n) is 8.30. The minimum absolute atomic E-state index is 0. The van der Waals surface area contributed by atoms with Gasteiger partial charge in [-0.05, 0) is 103 Å². The number of allylic oxidation sites excluding steroid dienone is 2. The van der Waals surface area contributed by atoms with Gasteiger partial charge in [-0.15, -0.1) is 0 Å². The van der Waals surface area contributed by atoms with Crippen molar-refractivity contribution in [3.8, 4) is 0 Å². The van der Waals surface area contributed by atoms with Crippen molar-refractivity contribution in [2.45, 2.75) is 0 Å². The van der Waals surface area contributed by atoms with Gasteiger partial charge in [-0.2, -0.15) is 0 Å². The molecule has 0 unspecified atom stereocenters. The first-order chi connectivity index (χ1) is 23.7. The molecule has 12 heteroatoms. The van der Waals surface area contributed by atoms with Crippen LogP contribution in [0.25, 0.3) is 55.2 Å². The van der Waals surface area contributed by atoms with E-state index < -0.39 is 0 Å². The van der Waals surface area contributed by atoms with Crippen molar-refractivity contribution in [3.63, 3.8) is 0 Å². The molecule has 56 heavy (non-hydrogen) atoms. The summed E-state index contributed by atoms with van der Waals surface area (Å²) in [5, 5.41) is 8.27. The Balaban J connectivity index is 0. The molecule has 2 aromatic heterocycles. The van der Waals surface area contributed by atoms with E-state index in [1.807, 2.05) is 133 Å². The molecular formula is C44H30AgF6N2O2Sb. The fraction of sp³-hybridized carbons (Fsp3) is 0. The Labute approximate surface area is 351 Å². The van der Waals surface area contributed by atoms with Crippen LogP contribution in [0.15, 0.2) is 170 Å². The van der Waals surface area contributed by atoms with E-state index in [2.05, 4.69) is 22.1 Å². The van der Waals surface area contributed by atoms with Gasteiger partial charge in [0.2, 0.25) is 0 Å². The van der Waals surface area contributed by atoms with E-state index in [9.17, 15) is 9.59 Å². The third kappa shape index (κ3) is 11.8. The molecule has 0 saturated heterocycles. The molecule has 0 atom stereocenters.